The molecular weight excluding hydrogens is 392 g/mol. The Morgan fingerprint density at radius 1 is 1.00 bits per heavy atom. The summed E-state index contributed by atoms with van der Waals surface area (Å²) in [6.07, 6.45) is 0. The number of nitrogens with zero attached hydrogens (tertiary/aromatic N) is 2. The maximum atomic E-state index is 13.4. The van der Waals surface area contributed by atoms with E-state index in [1.54, 1.807) is 24.3 Å². The van der Waals surface area contributed by atoms with Gasteiger partial charge in [-0.25, -0.2) is 10.0 Å². The van der Waals surface area contributed by atoms with E-state index in [1.165, 1.54) is 45.5 Å². The van der Waals surface area contributed by atoms with E-state index >= 15 is 0 Å². The normalized spacial score (nSPS) is 12.5. The minimum absolute atomic E-state index is 0.121. The number of methoxy groups -OCH3 is 4. The molecule has 0 unspecified atom stereocenters. The summed E-state index contributed by atoms with van der Waals surface area (Å²) >= 11 is 0. The summed E-state index contributed by atoms with van der Waals surface area (Å²) in [5, 5.41) is 12.2. The van der Waals surface area contributed by atoms with Gasteiger partial charge in [0.25, 0.3) is 11.8 Å². The lowest BCUT2D eigenvalue weighted by molar-refractivity contribution is 0.00863. The third-order valence-electron chi connectivity index (χ3n) is 5.07. The van der Waals surface area contributed by atoms with Crippen LogP contribution in [0.1, 0.15) is 31.8 Å². The summed E-state index contributed by atoms with van der Waals surface area (Å²) in [5.41, 5.74) is 1.52. The molecule has 0 aromatic heterocycles. The summed E-state index contributed by atoms with van der Waals surface area (Å²) in [4.78, 5) is 26.5. The van der Waals surface area contributed by atoms with E-state index in [1.807, 2.05) is 0 Å². The van der Waals surface area contributed by atoms with Crippen molar-refractivity contribution < 1.29 is 33.6 Å². The molecule has 0 fully saturated rings. The molecule has 0 radical (unpaired) electrons. The van der Waals surface area contributed by atoms with Crippen molar-refractivity contribution in [1.29, 1.82) is 0 Å². The molecule has 160 valence electrons. The van der Waals surface area contributed by atoms with Crippen LogP contribution >= 0.6 is 0 Å². The van der Waals surface area contributed by atoms with Crippen molar-refractivity contribution in [2.45, 2.75) is 13.2 Å². The zero-order valence-electron chi connectivity index (χ0n) is 17.5. The van der Waals surface area contributed by atoms with Crippen LogP contribution in [0.5, 0.6) is 23.0 Å². The second-order valence-corrected chi connectivity index (χ2v) is 6.52. The van der Waals surface area contributed by atoms with E-state index in [4.69, 9.17) is 18.9 Å². The number of amides is 2. The molecule has 9 heteroatoms. The van der Waals surface area contributed by atoms with Crippen LogP contribution in [0.25, 0.3) is 0 Å². The van der Waals surface area contributed by atoms with Crippen molar-refractivity contribution in [1.82, 2.24) is 10.0 Å². The molecule has 2 aromatic carbocycles. The maximum absolute atomic E-state index is 13.4. The molecule has 30 heavy (non-hydrogen) atoms. The monoisotopic (exact) mass is 416 g/mol. The first-order valence-corrected chi connectivity index (χ1v) is 9.11. The van der Waals surface area contributed by atoms with Gasteiger partial charge in [0.2, 0.25) is 0 Å². The van der Waals surface area contributed by atoms with Gasteiger partial charge in [-0.05, 0) is 23.3 Å². The average molecular weight is 416 g/mol. The molecule has 1 aliphatic rings. The van der Waals surface area contributed by atoms with Crippen LogP contribution in [0.4, 0.5) is 0 Å². The standard InChI is InChI=1S/C21H24N2O7/c1-22(20(25)17-13(11-24)7-9-15(28-3)19(17)30-5)23-10-12-6-8-14(27-2)18(29-4)16(12)21(23)26/h6-9,24H,10-11H2,1-5H3. The molecular formula is C21H24N2O7. The van der Waals surface area contributed by atoms with Crippen molar-refractivity contribution in [2.24, 2.45) is 0 Å². The zero-order chi connectivity index (χ0) is 22.0. The molecule has 0 spiro atoms. The number of carbonyl (C=O) groups is 2. The fourth-order valence-corrected chi connectivity index (χ4v) is 3.54. The number of aliphatic hydroxyl groups is 1. The van der Waals surface area contributed by atoms with Crippen LogP contribution in [-0.4, -0.2) is 62.4 Å². The van der Waals surface area contributed by atoms with Crippen LogP contribution in [-0.2, 0) is 13.2 Å². The van der Waals surface area contributed by atoms with E-state index < -0.39 is 11.8 Å². The highest BCUT2D eigenvalue weighted by Gasteiger charge is 2.37. The van der Waals surface area contributed by atoms with Crippen LogP contribution in [0.2, 0.25) is 0 Å². The van der Waals surface area contributed by atoms with Gasteiger partial charge in [-0.3, -0.25) is 9.59 Å². The summed E-state index contributed by atoms with van der Waals surface area (Å²) in [7, 11) is 7.29. The zero-order valence-corrected chi connectivity index (χ0v) is 17.5. The van der Waals surface area contributed by atoms with Crippen molar-refractivity contribution in [3.63, 3.8) is 0 Å². The van der Waals surface area contributed by atoms with Gasteiger partial charge in [0.15, 0.2) is 23.0 Å². The second-order valence-electron chi connectivity index (χ2n) is 6.52. The Labute approximate surface area is 174 Å². The van der Waals surface area contributed by atoms with Gasteiger partial charge in [0, 0.05) is 7.05 Å². The van der Waals surface area contributed by atoms with Crippen LogP contribution < -0.4 is 18.9 Å². The van der Waals surface area contributed by atoms with Crippen molar-refractivity contribution in [3.05, 3.63) is 46.5 Å². The Hall–Kier alpha value is -3.46. The predicted molar refractivity (Wildman–Crippen MR) is 107 cm³/mol. The minimum atomic E-state index is -0.526. The van der Waals surface area contributed by atoms with Crippen LogP contribution in [0.3, 0.4) is 0 Å². The lowest BCUT2D eigenvalue weighted by atomic mass is 10.0. The number of benzene rings is 2. The maximum Gasteiger partial charge on any atom is 0.277 e. The van der Waals surface area contributed by atoms with Gasteiger partial charge in [-0.1, -0.05) is 12.1 Å². The topological polar surface area (TPSA) is 97.8 Å². The van der Waals surface area contributed by atoms with E-state index in [0.29, 0.717) is 33.9 Å². The van der Waals surface area contributed by atoms with Gasteiger partial charge in [0.05, 0.1) is 52.7 Å². The number of hydrogen-bond acceptors (Lipinski definition) is 7. The van der Waals surface area contributed by atoms with Crippen LogP contribution in [0.15, 0.2) is 24.3 Å². The largest absolute Gasteiger partial charge is 0.493 e. The van der Waals surface area contributed by atoms with Gasteiger partial charge < -0.3 is 24.1 Å². The summed E-state index contributed by atoms with van der Waals surface area (Å²) < 4.78 is 21.3. The average Bonchev–Trinajstić information content (AvgIpc) is 3.12. The van der Waals surface area contributed by atoms with E-state index in [0.717, 1.165) is 0 Å². The fraction of sp³-hybridized carbons (Fsp3) is 0.333. The summed E-state index contributed by atoms with van der Waals surface area (Å²) in [6.45, 7) is -0.202. The molecule has 0 saturated heterocycles. The number of ether oxygens (including phenoxy) is 4. The van der Waals surface area contributed by atoms with Gasteiger partial charge in [0.1, 0.15) is 0 Å². The Morgan fingerprint density at radius 3 is 2.17 bits per heavy atom. The SMILES string of the molecule is COc1ccc(CO)c(C(=O)N(C)N2Cc3ccc(OC)c(OC)c3C2=O)c1OC. The van der Waals surface area contributed by atoms with Crippen molar-refractivity contribution in [2.75, 3.05) is 35.5 Å². The Morgan fingerprint density at radius 2 is 1.60 bits per heavy atom. The third-order valence-corrected chi connectivity index (χ3v) is 5.07. The van der Waals surface area contributed by atoms with E-state index in [9.17, 15) is 14.7 Å². The molecule has 1 heterocycles. The third kappa shape index (κ3) is 3.26. The molecule has 1 N–H and O–H groups in total. The molecule has 0 saturated carbocycles. The lowest BCUT2D eigenvalue weighted by Gasteiger charge is -2.29. The second kappa shape index (κ2) is 8.50. The first kappa shape index (κ1) is 21.3. The lowest BCUT2D eigenvalue weighted by Crippen LogP contribution is -2.44. The number of hydrogen-bond donors (Lipinski definition) is 1. The van der Waals surface area contributed by atoms with E-state index in [-0.39, 0.29) is 24.5 Å². The number of rotatable bonds is 7. The van der Waals surface area contributed by atoms with Crippen LogP contribution in [0, 0.1) is 0 Å². The van der Waals surface area contributed by atoms with Gasteiger partial charge >= 0.3 is 0 Å². The Balaban J connectivity index is 2.01. The molecule has 2 amide bonds. The molecule has 0 atom stereocenters. The molecule has 1 aliphatic heterocycles. The van der Waals surface area contributed by atoms with Gasteiger partial charge in [-0.15, -0.1) is 0 Å². The highest BCUT2D eigenvalue weighted by molar-refractivity contribution is 6.05. The number of hydrazine groups is 1. The van der Waals surface area contributed by atoms with Gasteiger partial charge in [-0.2, -0.15) is 0 Å². The Kier molecular flexibility index (Phi) is 6.02. The first-order chi connectivity index (χ1) is 14.4. The van der Waals surface area contributed by atoms with Crippen molar-refractivity contribution in [3.8, 4) is 23.0 Å². The summed E-state index contributed by atoms with van der Waals surface area (Å²) in [6, 6.07) is 6.66. The molecule has 0 aliphatic carbocycles. The predicted octanol–water partition coefficient (Wildman–Crippen LogP) is 1.86. The summed E-state index contributed by atoms with van der Waals surface area (Å²) in [5.74, 6) is 0.347. The van der Waals surface area contributed by atoms with Crippen molar-refractivity contribution >= 4 is 11.8 Å². The number of aliphatic hydroxyl groups excluding tert-OH is 1. The fourth-order valence-electron chi connectivity index (χ4n) is 3.54. The first-order valence-electron chi connectivity index (χ1n) is 9.11. The highest BCUT2D eigenvalue weighted by Crippen LogP contribution is 2.40. The molecule has 9 nitrogen and oxygen atoms in total. The quantitative estimate of drug-likeness (QED) is 0.736. The molecule has 3 rings (SSSR count). The highest BCUT2D eigenvalue weighted by atomic mass is 16.5. The van der Waals surface area contributed by atoms with E-state index in [2.05, 4.69) is 0 Å². The number of carbonyl (C=O) groups excluding carboxylic acids is 2. The number of fused-ring (bicyclic) bond motifs is 1. The Bertz CT molecular complexity index is 990. The molecule has 0 bridgehead atoms. The minimum Gasteiger partial charge on any atom is -0.493 e. The molecule has 2 aromatic rings. The smallest absolute Gasteiger partial charge is 0.277 e.